The molecule has 4 nitrogen and oxygen atoms in total. The van der Waals surface area contributed by atoms with Crippen molar-refractivity contribution >= 4 is 33.5 Å². The summed E-state index contributed by atoms with van der Waals surface area (Å²) in [6.45, 7) is 3.66. The molecule has 4 aromatic carbocycles. The molecule has 142 valence electrons. The Bertz CT molecular complexity index is 1270. The van der Waals surface area contributed by atoms with E-state index in [1.54, 1.807) is 18.2 Å². The Labute approximate surface area is 167 Å². The minimum Gasteiger partial charge on any atom is -0.478 e. The van der Waals surface area contributed by atoms with Gasteiger partial charge < -0.3 is 9.84 Å². The number of fused-ring (bicyclic) bond motifs is 2. The molecular weight excluding hydrogens is 364 g/mol. The molecule has 0 radical (unpaired) electrons. The molecule has 0 aromatic heterocycles. The second-order valence-electron chi connectivity index (χ2n) is 6.61. The molecule has 0 aliphatic carbocycles. The topological polar surface area (TPSA) is 63.6 Å². The van der Waals surface area contributed by atoms with E-state index in [1.165, 1.54) is 6.08 Å². The van der Waals surface area contributed by atoms with Crippen molar-refractivity contribution < 1.29 is 19.4 Å². The van der Waals surface area contributed by atoms with Gasteiger partial charge in [0, 0.05) is 11.1 Å². The van der Waals surface area contributed by atoms with Gasteiger partial charge in [-0.05, 0) is 33.7 Å². The molecule has 0 unspecified atom stereocenters. The number of carboxylic acids is 1. The predicted molar refractivity (Wildman–Crippen MR) is 114 cm³/mol. The van der Waals surface area contributed by atoms with Gasteiger partial charge in [0.05, 0.1) is 11.1 Å². The van der Waals surface area contributed by atoms with Crippen molar-refractivity contribution in [1.82, 2.24) is 0 Å². The van der Waals surface area contributed by atoms with Gasteiger partial charge in [-0.25, -0.2) is 9.59 Å². The summed E-state index contributed by atoms with van der Waals surface area (Å²) in [4.78, 5) is 24.9. The molecule has 0 heterocycles. The van der Waals surface area contributed by atoms with Crippen molar-refractivity contribution in [3.05, 3.63) is 96.6 Å². The third kappa shape index (κ3) is 3.25. The Morgan fingerprint density at radius 1 is 0.793 bits per heavy atom. The monoisotopic (exact) mass is 382 g/mol. The fourth-order valence-corrected chi connectivity index (χ4v) is 3.64. The molecule has 0 saturated carbocycles. The van der Waals surface area contributed by atoms with E-state index in [9.17, 15) is 14.7 Å². The van der Waals surface area contributed by atoms with Crippen LogP contribution < -0.4 is 0 Å². The zero-order chi connectivity index (χ0) is 20.4. The van der Waals surface area contributed by atoms with Gasteiger partial charge in [0.15, 0.2) is 0 Å². The smallest absolute Gasteiger partial charge is 0.339 e. The van der Waals surface area contributed by atoms with Crippen LogP contribution in [-0.4, -0.2) is 23.7 Å². The summed E-state index contributed by atoms with van der Waals surface area (Å²) in [7, 11) is 0. The number of ether oxygens (including phenoxy) is 1. The predicted octanol–water partition coefficient (Wildman–Crippen LogP) is 5.70. The van der Waals surface area contributed by atoms with E-state index in [4.69, 9.17) is 4.74 Å². The second-order valence-corrected chi connectivity index (χ2v) is 6.61. The van der Waals surface area contributed by atoms with Crippen molar-refractivity contribution in [2.45, 2.75) is 0 Å². The van der Waals surface area contributed by atoms with E-state index < -0.39 is 11.9 Å². The van der Waals surface area contributed by atoms with E-state index in [0.717, 1.165) is 21.5 Å². The van der Waals surface area contributed by atoms with Gasteiger partial charge >= 0.3 is 11.9 Å². The van der Waals surface area contributed by atoms with E-state index in [0.29, 0.717) is 16.7 Å². The molecule has 4 aromatic rings. The second kappa shape index (κ2) is 7.60. The zero-order valence-corrected chi connectivity index (χ0v) is 15.6. The van der Waals surface area contributed by atoms with Crippen molar-refractivity contribution in [3.63, 3.8) is 0 Å². The zero-order valence-electron chi connectivity index (χ0n) is 15.6. The number of carbonyl (C=O) groups is 2. The number of esters is 1. The number of carbonyl (C=O) groups excluding carboxylic acids is 1. The number of aromatic carboxylic acids is 1. The number of carboxylic acid groups (broad SMARTS) is 1. The highest BCUT2D eigenvalue weighted by Crippen LogP contribution is 2.39. The fraction of sp³-hybridized carbons (Fsp3) is 0.0400. The summed E-state index contributed by atoms with van der Waals surface area (Å²) in [6.07, 6.45) is 1.50. The highest BCUT2D eigenvalue weighted by molar-refractivity contribution is 6.17. The summed E-state index contributed by atoms with van der Waals surface area (Å²) in [5, 5.41) is 13.3. The minimum atomic E-state index is -1.05. The van der Waals surface area contributed by atoms with Crippen LogP contribution in [0.15, 0.2) is 85.5 Å². The Morgan fingerprint density at radius 2 is 1.31 bits per heavy atom. The lowest BCUT2D eigenvalue weighted by Gasteiger charge is -2.17. The standard InChI is InChI=1S/C25H18O4/c1-2-15-29-25(28)21-14-12-17-8-4-6-10-19(17)23(21)22-18-9-5-3-7-16(18)11-13-20(22)24(26)27/h2-14H,1,15H2,(H,26,27). The van der Waals surface area contributed by atoms with Crippen LogP contribution in [0.5, 0.6) is 0 Å². The van der Waals surface area contributed by atoms with Crippen LogP contribution >= 0.6 is 0 Å². The van der Waals surface area contributed by atoms with Gasteiger partial charge in [0.2, 0.25) is 0 Å². The molecule has 0 aliphatic rings. The first kappa shape index (κ1) is 18.4. The Morgan fingerprint density at radius 3 is 1.86 bits per heavy atom. The van der Waals surface area contributed by atoms with Gasteiger partial charge in [0.25, 0.3) is 0 Å². The van der Waals surface area contributed by atoms with Gasteiger partial charge in [-0.15, -0.1) is 0 Å². The van der Waals surface area contributed by atoms with Crippen LogP contribution in [-0.2, 0) is 4.74 Å². The lowest BCUT2D eigenvalue weighted by molar-refractivity contribution is 0.0550. The largest absolute Gasteiger partial charge is 0.478 e. The molecule has 0 spiro atoms. The van der Waals surface area contributed by atoms with Crippen LogP contribution in [0.4, 0.5) is 0 Å². The van der Waals surface area contributed by atoms with Gasteiger partial charge in [-0.2, -0.15) is 0 Å². The minimum absolute atomic E-state index is 0.0758. The average molecular weight is 382 g/mol. The molecule has 0 atom stereocenters. The molecule has 0 fully saturated rings. The van der Waals surface area contributed by atoms with Crippen LogP contribution in [0.3, 0.4) is 0 Å². The van der Waals surface area contributed by atoms with Crippen LogP contribution in [0.25, 0.3) is 32.7 Å². The molecule has 0 aliphatic heterocycles. The lowest BCUT2D eigenvalue weighted by atomic mass is 9.87. The molecule has 0 amide bonds. The highest BCUT2D eigenvalue weighted by atomic mass is 16.5. The Hall–Kier alpha value is -3.92. The fourth-order valence-electron chi connectivity index (χ4n) is 3.64. The van der Waals surface area contributed by atoms with Crippen LogP contribution in [0, 0.1) is 0 Å². The Kier molecular flexibility index (Phi) is 4.83. The van der Waals surface area contributed by atoms with Gasteiger partial charge in [0.1, 0.15) is 6.61 Å². The van der Waals surface area contributed by atoms with Crippen molar-refractivity contribution in [3.8, 4) is 11.1 Å². The van der Waals surface area contributed by atoms with E-state index in [-0.39, 0.29) is 12.2 Å². The maximum atomic E-state index is 12.8. The third-order valence-corrected chi connectivity index (χ3v) is 4.89. The van der Waals surface area contributed by atoms with Gasteiger partial charge in [-0.3, -0.25) is 0 Å². The van der Waals surface area contributed by atoms with E-state index >= 15 is 0 Å². The molecule has 1 N–H and O–H groups in total. The number of hydrogen-bond donors (Lipinski definition) is 1. The van der Waals surface area contributed by atoms with Crippen LogP contribution in [0.2, 0.25) is 0 Å². The quantitative estimate of drug-likeness (QED) is 0.355. The maximum absolute atomic E-state index is 12.8. The first-order valence-electron chi connectivity index (χ1n) is 9.17. The van der Waals surface area contributed by atoms with E-state index in [1.807, 2.05) is 54.6 Å². The third-order valence-electron chi connectivity index (χ3n) is 4.89. The molecule has 4 heteroatoms. The maximum Gasteiger partial charge on any atom is 0.339 e. The van der Waals surface area contributed by atoms with E-state index in [2.05, 4.69) is 6.58 Å². The number of rotatable bonds is 5. The van der Waals surface area contributed by atoms with Crippen molar-refractivity contribution in [2.75, 3.05) is 6.61 Å². The highest BCUT2D eigenvalue weighted by Gasteiger charge is 2.23. The van der Waals surface area contributed by atoms with Gasteiger partial charge in [-0.1, -0.05) is 73.3 Å². The SMILES string of the molecule is C=CCOC(=O)c1ccc2ccccc2c1-c1c(C(=O)O)ccc2ccccc12. The van der Waals surface area contributed by atoms with Crippen molar-refractivity contribution in [1.29, 1.82) is 0 Å². The summed E-state index contributed by atoms with van der Waals surface area (Å²) in [6, 6.07) is 22.1. The number of hydrogen-bond acceptors (Lipinski definition) is 3. The lowest BCUT2D eigenvalue weighted by Crippen LogP contribution is -2.09. The normalized spacial score (nSPS) is 10.8. The molecule has 29 heavy (non-hydrogen) atoms. The molecule has 4 rings (SSSR count). The Balaban J connectivity index is 2.15. The number of benzene rings is 4. The molecule has 0 bridgehead atoms. The summed E-state index contributed by atoms with van der Waals surface area (Å²) < 4.78 is 5.30. The van der Waals surface area contributed by atoms with Crippen LogP contribution in [0.1, 0.15) is 20.7 Å². The molecular formula is C25H18O4. The first-order valence-corrected chi connectivity index (χ1v) is 9.17. The summed E-state index contributed by atoms with van der Waals surface area (Å²) in [5.41, 5.74) is 1.53. The summed E-state index contributed by atoms with van der Waals surface area (Å²) in [5.74, 6) is -1.57. The first-order chi connectivity index (χ1) is 14.1. The van der Waals surface area contributed by atoms with Crippen molar-refractivity contribution in [2.24, 2.45) is 0 Å². The average Bonchev–Trinajstić information content (AvgIpc) is 2.75. The summed E-state index contributed by atoms with van der Waals surface area (Å²) >= 11 is 0. The molecule has 0 saturated heterocycles.